The molecule has 2 aliphatic carbocycles. The molecular weight excluding hydrogens is 697 g/mol. The SMILES string of the molecule is C[C@@H](c1ccccc1)N1C[C@@H](C2(CO)CC2)CC1=O.C[C@@H](c1ccccc1)N1C[C@@H](C2(CO[Si](c3ccccc3)(c3ccccc3)C(C)(C)C)CC2)CC1=O. The van der Waals surface area contributed by atoms with Crippen LogP contribution in [0.4, 0.5) is 0 Å². The van der Waals surface area contributed by atoms with Crippen molar-refractivity contribution in [2.45, 2.75) is 90.3 Å². The van der Waals surface area contributed by atoms with Crippen LogP contribution >= 0.6 is 0 Å². The summed E-state index contributed by atoms with van der Waals surface area (Å²) in [5.74, 6) is 1.22. The number of hydrogen-bond acceptors (Lipinski definition) is 4. The first-order valence-corrected chi connectivity index (χ1v) is 22.4. The zero-order valence-electron chi connectivity index (χ0n) is 33.5. The van der Waals surface area contributed by atoms with Gasteiger partial charge in [0, 0.05) is 39.1 Å². The molecule has 4 fully saturated rings. The highest BCUT2D eigenvalue weighted by Gasteiger charge is 2.57. The lowest BCUT2D eigenvalue weighted by molar-refractivity contribution is -0.130. The number of rotatable bonds is 12. The van der Waals surface area contributed by atoms with Crippen molar-refractivity contribution in [2.24, 2.45) is 22.7 Å². The molecule has 2 heterocycles. The highest BCUT2D eigenvalue weighted by molar-refractivity contribution is 6.99. The van der Waals surface area contributed by atoms with Crippen LogP contribution in [0.1, 0.15) is 96.4 Å². The summed E-state index contributed by atoms with van der Waals surface area (Å²) in [5, 5.41) is 12.1. The van der Waals surface area contributed by atoms with E-state index in [0.717, 1.165) is 45.4 Å². The molecule has 4 aromatic rings. The molecule has 4 aromatic carbocycles. The number of amides is 2. The Morgan fingerprint density at radius 3 is 1.35 bits per heavy atom. The zero-order valence-corrected chi connectivity index (χ0v) is 34.5. The molecule has 2 aliphatic heterocycles. The fraction of sp³-hybridized carbons (Fsp3) is 0.458. The molecule has 290 valence electrons. The molecule has 0 radical (unpaired) electrons. The van der Waals surface area contributed by atoms with Gasteiger partial charge in [-0.3, -0.25) is 9.59 Å². The van der Waals surface area contributed by atoms with Crippen molar-refractivity contribution in [1.82, 2.24) is 9.80 Å². The van der Waals surface area contributed by atoms with Crippen LogP contribution in [0.2, 0.25) is 5.04 Å². The van der Waals surface area contributed by atoms with Crippen molar-refractivity contribution >= 4 is 30.5 Å². The average Bonchev–Trinajstić information content (AvgIpc) is 4.12. The number of likely N-dealkylation sites (tertiary alicyclic amines) is 2. The quantitative estimate of drug-likeness (QED) is 0.148. The second kappa shape index (κ2) is 15.8. The van der Waals surface area contributed by atoms with Crippen LogP contribution in [0.25, 0.3) is 0 Å². The van der Waals surface area contributed by atoms with Crippen LogP contribution in [0.15, 0.2) is 121 Å². The fourth-order valence-corrected chi connectivity index (χ4v) is 14.2. The van der Waals surface area contributed by atoms with E-state index in [1.54, 1.807) is 0 Å². The Morgan fingerprint density at radius 2 is 1.00 bits per heavy atom. The lowest BCUT2D eigenvalue weighted by Crippen LogP contribution is -2.67. The van der Waals surface area contributed by atoms with Crippen LogP contribution in [-0.4, -0.2) is 61.3 Å². The minimum atomic E-state index is -2.58. The first kappa shape index (κ1) is 39.2. The van der Waals surface area contributed by atoms with E-state index in [4.69, 9.17) is 4.43 Å². The number of carbonyl (C=O) groups is 2. The van der Waals surface area contributed by atoms with E-state index in [2.05, 4.69) is 137 Å². The van der Waals surface area contributed by atoms with E-state index in [-0.39, 0.29) is 46.4 Å². The van der Waals surface area contributed by atoms with Gasteiger partial charge in [0.1, 0.15) is 0 Å². The van der Waals surface area contributed by atoms with Crippen molar-refractivity contribution in [2.75, 3.05) is 26.3 Å². The Balaban J connectivity index is 0.000000205. The van der Waals surface area contributed by atoms with Gasteiger partial charge in [0.25, 0.3) is 8.32 Å². The maximum absolute atomic E-state index is 13.2. The van der Waals surface area contributed by atoms with E-state index >= 15 is 0 Å². The molecule has 0 unspecified atom stereocenters. The van der Waals surface area contributed by atoms with Crippen LogP contribution in [0.5, 0.6) is 0 Å². The molecule has 0 spiro atoms. The third-order valence-corrected chi connectivity index (χ3v) is 18.6. The van der Waals surface area contributed by atoms with Gasteiger partial charge < -0.3 is 19.3 Å². The third-order valence-electron chi connectivity index (χ3n) is 13.6. The Morgan fingerprint density at radius 1 is 0.636 bits per heavy atom. The Labute approximate surface area is 330 Å². The van der Waals surface area contributed by atoms with Crippen molar-refractivity contribution in [3.8, 4) is 0 Å². The van der Waals surface area contributed by atoms with Gasteiger partial charge in [-0.1, -0.05) is 142 Å². The number of aliphatic hydroxyl groups excluding tert-OH is 1. The predicted octanol–water partition coefficient (Wildman–Crippen LogP) is 8.32. The number of nitrogens with zero attached hydrogens (tertiary/aromatic N) is 2. The summed E-state index contributed by atoms with van der Waals surface area (Å²) in [6.07, 6.45) is 5.70. The molecule has 2 saturated heterocycles. The minimum Gasteiger partial charge on any atom is -0.407 e. The fourth-order valence-electron chi connectivity index (χ4n) is 9.56. The van der Waals surface area contributed by atoms with E-state index < -0.39 is 8.32 Å². The van der Waals surface area contributed by atoms with Crippen LogP contribution in [-0.2, 0) is 14.0 Å². The maximum atomic E-state index is 13.2. The highest BCUT2D eigenvalue weighted by Crippen LogP contribution is 2.57. The molecule has 4 aliphatic rings. The normalized spacial score (nSPS) is 22.5. The number of aliphatic hydroxyl groups is 1. The van der Waals surface area contributed by atoms with Crippen molar-refractivity contribution in [3.05, 3.63) is 132 Å². The summed E-state index contributed by atoms with van der Waals surface area (Å²) >= 11 is 0. The first-order chi connectivity index (χ1) is 26.4. The van der Waals surface area contributed by atoms with E-state index in [1.165, 1.54) is 21.5 Å². The minimum absolute atomic E-state index is 0.0366. The third kappa shape index (κ3) is 7.85. The lowest BCUT2D eigenvalue weighted by atomic mass is 9.89. The largest absolute Gasteiger partial charge is 0.407 e. The van der Waals surface area contributed by atoms with Crippen molar-refractivity contribution in [1.29, 1.82) is 0 Å². The van der Waals surface area contributed by atoms with Crippen molar-refractivity contribution < 1.29 is 19.1 Å². The standard InChI is InChI=1S/C32H39NO2Si.C16H21NO2/c1-25(26-14-8-5-9-15-26)33-23-27(22-30(33)34)32(20-21-32)24-35-36(31(2,3)4,28-16-10-6-11-17-28)29-18-12-7-13-19-29;1-12(13-5-3-2-4-6-13)17-10-14(9-15(17)19)16(11-18)7-8-16/h5-19,25,27H,20-24H2,1-4H3;2-6,12,14,18H,7-11H2,1H3/t25-,27-;12-,14-/m00/s1. The van der Waals surface area contributed by atoms with Crippen LogP contribution in [0.3, 0.4) is 0 Å². The van der Waals surface area contributed by atoms with E-state index in [1.807, 2.05) is 29.2 Å². The van der Waals surface area contributed by atoms with E-state index in [9.17, 15) is 14.7 Å². The Kier molecular flexibility index (Phi) is 11.3. The summed E-state index contributed by atoms with van der Waals surface area (Å²) in [4.78, 5) is 29.5. The molecule has 2 saturated carbocycles. The zero-order chi connectivity index (χ0) is 38.8. The van der Waals surface area contributed by atoms with Gasteiger partial charge in [-0.25, -0.2) is 0 Å². The number of hydrogen-bond donors (Lipinski definition) is 1. The molecule has 0 aromatic heterocycles. The van der Waals surface area contributed by atoms with Gasteiger partial charge in [0.2, 0.25) is 11.8 Å². The number of benzene rings is 4. The Bertz CT molecular complexity index is 1850. The van der Waals surface area contributed by atoms with Crippen LogP contribution < -0.4 is 10.4 Å². The van der Waals surface area contributed by atoms with Crippen LogP contribution in [0, 0.1) is 22.7 Å². The monoisotopic (exact) mass is 756 g/mol. The van der Waals surface area contributed by atoms with Gasteiger partial charge in [0.05, 0.1) is 12.1 Å². The predicted molar refractivity (Wildman–Crippen MR) is 223 cm³/mol. The molecule has 55 heavy (non-hydrogen) atoms. The average molecular weight is 757 g/mol. The maximum Gasteiger partial charge on any atom is 0.261 e. The topological polar surface area (TPSA) is 70.1 Å². The highest BCUT2D eigenvalue weighted by atomic mass is 28.4. The van der Waals surface area contributed by atoms with Crippen molar-refractivity contribution in [3.63, 3.8) is 0 Å². The molecule has 6 nitrogen and oxygen atoms in total. The molecule has 2 amide bonds. The second-order valence-corrected chi connectivity index (χ2v) is 22.2. The van der Waals surface area contributed by atoms with E-state index in [0.29, 0.717) is 24.7 Å². The lowest BCUT2D eigenvalue weighted by Gasteiger charge is -2.44. The summed E-state index contributed by atoms with van der Waals surface area (Å²) < 4.78 is 7.33. The number of carbonyl (C=O) groups excluding carboxylic acids is 2. The summed E-state index contributed by atoms with van der Waals surface area (Å²) in [5.41, 5.74) is 2.56. The molecule has 8 rings (SSSR count). The molecule has 4 atom stereocenters. The molecule has 1 N–H and O–H groups in total. The van der Waals surface area contributed by atoms with Gasteiger partial charge in [-0.05, 0) is 88.7 Å². The molecular formula is C48H60N2O4Si. The van der Waals surface area contributed by atoms with Gasteiger partial charge in [-0.15, -0.1) is 0 Å². The Hall–Kier alpha value is -4.04. The van der Waals surface area contributed by atoms with Gasteiger partial charge in [-0.2, -0.15) is 0 Å². The molecule has 0 bridgehead atoms. The first-order valence-electron chi connectivity index (χ1n) is 20.5. The summed E-state index contributed by atoms with van der Waals surface area (Å²) in [6.45, 7) is 13.9. The smallest absolute Gasteiger partial charge is 0.261 e. The summed E-state index contributed by atoms with van der Waals surface area (Å²) in [7, 11) is -2.58. The molecule has 7 heteroatoms. The summed E-state index contributed by atoms with van der Waals surface area (Å²) in [6, 6.07) is 42.6. The van der Waals surface area contributed by atoms with Gasteiger partial charge in [0.15, 0.2) is 0 Å². The van der Waals surface area contributed by atoms with Gasteiger partial charge >= 0.3 is 0 Å². The second-order valence-electron chi connectivity index (χ2n) is 17.9.